The molecule has 0 radical (unpaired) electrons. The summed E-state index contributed by atoms with van der Waals surface area (Å²) in [5.74, 6) is 2.25. The Kier molecular flexibility index (Phi) is 3.21. The Bertz CT molecular complexity index is 200. The summed E-state index contributed by atoms with van der Waals surface area (Å²) in [5.41, 5.74) is 0. The summed E-state index contributed by atoms with van der Waals surface area (Å²) >= 11 is 0. The van der Waals surface area contributed by atoms with Gasteiger partial charge in [0.2, 0.25) is 0 Å². The highest BCUT2D eigenvalue weighted by Crippen LogP contribution is 2.10. The van der Waals surface area contributed by atoms with Crippen molar-refractivity contribution in [2.45, 2.75) is 39.5 Å². The standard InChI is InChI=1S/C10H16O/c1-3-5-6-10-8-7-9(4-2)11-10/h7-8H,3-6H2,1-2H3. The minimum atomic E-state index is 1.01. The van der Waals surface area contributed by atoms with E-state index in [0.717, 1.165) is 24.4 Å². The van der Waals surface area contributed by atoms with E-state index in [1.807, 2.05) is 0 Å². The molecule has 0 aliphatic carbocycles. The van der Waals surface area contributed by atoms with E-state index in [2.05, 4.69) is 26.0 Å². The second kappa shape index (κ2) is 4.22. The molecule has 11 heavy (non-hydrogen) atoms. The number of furan rings is 1. The van der Waals surface area contributed by atoms with Crippen molar-refractivity contribution in [3.8, 4) is 0 Å². The van der Waals surface area contributed by atoms with E-state index in [9.17, 15) is 0 Å². The Morgan fingerprint density at radius 2 is 1.91 bits per heavy atom. The lowest BCUT2D eigenvalue weighted by Gasteiger charge is -1.92. The van der Waals surface area contributed by atoms with Crippen molar-refractivity contribution in [1.29, 1.82) is 0 Å². The molecule has 0 aliphatic heterocycles. The van der Waals surface area contributed by atoms with Gasteiger partial charge in [-0.15, -0.1) is 0 Å². The first kappa shape index (κ1) is 8.38. The van der Waals surface area contributed by atoms with Gasteiger partial charge in [-0.1, -0.05) is 20.3 Å². The SMILES string of the molecule is CCCCc1ccc(CC)o1. The Hall–Kier alpha value is -0.720. The molecule has 0 N–H and O–H groups in total. The van der Waals surface area contributed by atoms with Gasteiger partial charge >= 0.3 is 0 Å². The topological polar surface area (TPSA) is 13.1 Å². The van der Waals surface area contributed by atoms with Crippen LogP contribution in [0.5, 0.6) is 0 Å². The lowest BCUT2D eigenvalue weighted by molar-refractivity contribution is 0.463. The van der Waals surface area contributed by atoms with E-state index < -0.39 is 0 Å². The van der Waals surface area contributed by atoms with Crippen LogP contribution in [-0.2, 0) is 12.8 Å². The van der Waals surface area contributed by atoms with Crippen LogP contribution < -0.4 is 0 Å². The fraction of sp³-hybridized carbons (Fsp3) is 0.600. The molecule has 0 saturated carbocycles. The van der Waals surface area contributed by atoms with Gasteiger partial charge in [-0.3, -0.25) is 0 Å². The maximum absolute atomic E-state index is 5.53. The third-order valence-electron chi connectivity index (χ3n) is 1.84. The van der Waals surface area contributed by atoms with E-state index in [0.29, 0.717) is 0 Å². The first-order valence-corrected chi connectivity index (χ1v) is 4.44. The molecule has 0 aromatic carbocycles. The summed E-state index contributed by atoms with van der Waals surface area (Å²) < 4.78 is 5.53. The summed E-state index contributed by atoms with van der Waals surface area (Å²) in [5, 5.41) is 0. The average Bonchev–Trinajstić information content (AvgIpc) is 2.48. The summed E-state index contributed by atoms with van der Waals surface area (Å²) in [4.78, 5) is 0. The van der Waals surface area contributed by atoms with Crippen molar-refractivity contribution in [3.63, 3.8) is 0 Å². The molecule has 0 fully saturated rings. The largest absolute Gasteiger partial charge is 0.466 e. The van der Waals surface area contributed by atoms with E-state index in [-0.39, 0.29) is 0 Å². The number of hydrogen-bond acceptors (Lipinski definition) is 1. The number of rotatable bonds is 4. The lowest BCUT2D eigenvalue weighted by Crippen LogP contribution is -1.79. The predicted octanol–water partition coefficient (Wildman–Crippen LogP) is 3.18. The van der Waals surface area contributed by atoms with E-state index in [1.165, 1.54) is 12.8 Å². The maximum atomic E-state index is 5.53. The van der Waals surface area contributed by atoms with Crippen molar-refractivity contribution in [1.82, 2.24) is 0 Å². The zero-order valence-electron chi connectivity index (χ0n) is 7.39. The van der Waals surface area contributed by atoms with Crippen LogP contribution in [0.3, 0.4) is 0 Å². The van der Waals surface area contributed by atoms with Gasteiger partial charge in [-0.05, 0) is 18.6 Å². The second-order valence-electron chi connectivity index (χ2n) is 2.83. The molecule has 1 aromatic rings. The molecule has 62 valence electrons. The third-order valence-corrected chi connectivity index (χ3v) is 1.84. The van der Waals surface area contributed by atoms with Crippen LogP contribution >= 0.6 is 0 Å². The first-order valence-electron chi connectivity index (χ1n) is 4.44. The van der Waals surface area contributed by atoms with Gasteiger partial charge in [0.1, 0.15) is 11.5 Å². The summed E-state index contributed by atoms with van der Waals surface area (Å²) in [6, 6.07) is 4.17. The van der Waals surface area contributed by atoms with Crippen molar-refractivity contribution < 1.29 is 4.42 Å². The molecule has 0 saturated heterocycles. The molecule has 0 atom stereocenters. The molecule has 0 spiro atoms. The van der Waals surface area contributed by atoms with Crippen LogP contribution in [0.1, 0.15) is 38.2 Å². The van der Waals surface area contributed by atoms with Gasteiger partial charge in [0.05, 0.1) is 0 Å². The van der Waals surface area contributed by atoms with Gasteiger partial charge in [0.25, 0.3) is 0 Å². The van der Waals surface area contributed by atoms with Crippen molar-refractivity contribution in [2.24, 2.45) is 0 Å². The lowest BCUT2D eigenvalue weighted by atomic mass is 10.2. The Labute approximate surface area is 68.4 Å². The van der Waals surface area contributed by atoms with Gasteiger partial charge in [-0.2, -0.15) is 0 Å². The summed E-state index contributed by atoms with van der Waals surface area (Å²) in [6.45, 7) is 4.31. The Morgan fingerprint density at radius 1 is 1.18 bits per heavy atom. The van der Waals surface area contributed by atoms with Crippen LogP contribution in [0.15, 0.2) is 16.5 Å². The quantitative estimate of drug-likeness (QED) is 0.645. The molecule has 1 rings (SSSR count). The van der Waals surface area contributed by atoms with Crippen LogP contribution in [-0.4, -0.2) is 0 Å². The maximum Gasteiger partial charge on any atom is 0.104 e. The minimum Gasteiger partial charge on any atom is -0.466 e. The van der Waals surface area contributed by atoms with Crippen molar-refractivity contribution in [2.75, 3.05) is 0 Å². The fourth-order valence-corrected chi connectivity index (χ4v) is 1.10. The molecule has 0 bridgehead atoms. The number of aryl methyl sites for hydroxylation is 2. The highest BCUT2D eigenvalue weighted by atomic mass is 16.3. The normalized spacial score (nSPS) is 10.4. The van der Waals surface area contributed by atoms with Crippen LogP contribution in [0.2, 0.25) is 0 Å². The van der Waals surface area contributed by atoms with Crippen LogP contribution in [0, 0.1) is 0 Å². The smallest absolute Gasteiger partial charge is 0.104 e. The highest BCUT2D eigenvalue weighted by Gasteiger charge is 1.98. The second-order valence-corrected chi connectivity index (χ2v) is 2.83. The summed E-state index contributed by atoms with van der Waals surface area (Å²) in [6.07, 6.45) is 4.57. The van der Waals surface area contributed by atoms with Crippen LogP contribution in [0.25, 0.3) is 0 Å². The molecule has 0 amide bonds. The number of hydrogen-bond donors (Lipinski definition) is 0. The third kappa shape index (κ3) is 2.41. The van der Waals surface area contributed by atoms with Gasteiger partial charge in [-0.25, -0.2) is 0 Å². The highest BCUT2D eigenvalue weighted by molar-refractivity contribution is 5.06. The molecule has 1 heterocycles. The van der Waals surface area contributed by atoms with Gasteiger partial charge in [0, 0.05) is 12.8 Å². The molecular formula is C10H16O. The molecule has 0 unspecified atom stereocenters. The monoisotopic (exact) mass is 152 g/mol. The zero-order chi connectivity index (χ0) is 8.10. The first-order chi connectivity index (χ1) is 5.36. The van der Waals surface area contributed by atoms with E-state index in [4.69, 9.17) is 4.42 Å². The zero-order valence-corrected chi connectivity index (χ0v) is 7.39. The van der Waals surface area contributed by atoms with Crippen molar-refractivity contribution >= 4 is 0 Å². The van der Waals surface area contributed by atoms with Crippen molar-refractivity contribution in [3.05, 3.63) is 23.7 Å². The van der Waals surface area contributed by atoms with E-state index in [1.54, 1.807) is 0 Å². The predicted molar refractivity (Wildman–Crippen MR) is 46.7 cm³/mol. The summed E-state index contributed by atoms with van der Waals surface area (Å²) in [7, 11) is 0. The van der Waals surface area contributed by atoms with Gasteiger partial charge in [0.15, 0.2) is 0 Å². The number of unbranched alkanes of at least 4 members (excludes halogenated alkanes) is 1. The Morgan fingerprint density at radius 3 is 2.45 bits per heavy atom. The molecule has 0 aliphatic rings. The Balaban J connectivity index is 2.44. The van der Waals surface area contributed by atoms with Crippen LogP contribution in [0.4, 0.5) is 0 Å². The minimum absolute atomic E-state index is 1.01. The molecule has 1 heteroatoms. The van der Waals surface area contributed by atoms with E-state index >= 15 is 0 Å². The van der Waals surface area contributed by atoms with Gasteiger partial charge < -0.3 is 4.42 Å². The fourth-order valence-electron chi connectivity index (χ4n) is 1.10. The molecule has 1 nitrogen and oxygen atoms in total. The molecular weight excluding hydrogens is 136 g/mol. The molecule has 1 aromatic heterocycles. The average molecular weight is 152 g/mol.